The average Bonchev–Trinajstić information content (AvgIpc) is 2.97. The minimum atomic E-state index is -0.555. The van der Waals surface area contributed by atoms with Crippen LogP contribution < -0.4 is 5.32 Å². The monoisotopic (exact) mass is 419 g/mol. The lowest BCUT2D eigenvalue weighted by molar-refractivity contribution is 0.102. The van der Waals surface area contributed by atoms with Crippen LogP contribution in [0, 0.1) is 16.6 Å². The number of hydrogen-bond acceptors (Lipinski definition) is 5. The first-order valence-electron chi connectivity index (χ1n) is 10.6. The van der Waals surface area contributed by atoms with E-state index in [4.69, 9.17) is 10.8 Å². The van der Waals surface area contributed by atoms with Gasteiger partial charge in [-0.3, -0.25) is 10.2 Å². The van der Waals surface area contributed by atoms with Crippen molar-refractivity contribution in [2.24, 2.45) is 0 Å². The number of nitrogens with zero attached hydrogens (tertiary/aromatic N) is 2. The van der Waals surface area contributed by atoms with Crippen LogP contribution in [0.1, 0.15) is 52.9 Å². The lowest BCUT2D eigenvalue weighted by atomic mass is 9.97. The summed E-state index contributed by atoms with van der Waals surface area (Å²) in [7, 11) is 2.00. The van der Waals surface area contributed by atoms with Crippen LogP contribution >= 0.6 is 0 Å². The molecule has 1 aromatic carbocycles. The highest BCUT2D eigenvalue weighted by atomic mass is 19.1. The van der Waals surface area contributed by atoms with Gasteiger partial charge in [-0.05, 0) is 86.2 Å². The highest BCUT2D eigenvalue weighted by Crippen LogP contribution is 2.23. The number of carbonyl (C=O) groups excluding carboxylic acids is 1. The zero-order valence-corrected chi connectivity index (χ0v) is 17.6. The van der Waals surface area contributed by atoms with Crippen LogP contribution in [0.5, 0.6) is 0 Å². The van der Waals surface area contributed by atoms with Gasteiger partial charge in [-0.25, -0.2) is 9.37 Å². The molecule has 1 aromatic heterocycles. The number of rotatable bonds is 4. The molecule has 1 aliphatic heterocycles. The Labute approximate surface area is 181 Å². The maximum absolute atomic E-state index is 14.6. The number of nitrogens with one attached hydrogen (secondary N) is 3. The Bertz CT molecular complexity index is 1090. The third-order valence-electron chi connectivity index (χ3n) is 5.80. The number of anilines is 1. The van der Waals surface area contributed by atoms with Crippen molar-refractivity contribution in [2.75, 3.05) is 18.9 Å². The van der Waals surface area contributed by atoms with Gasteiger partial charge in [0.05, 0.1) is 17.0 Å². The highest BCUT2D eigenvalue weighted by molar-refractivity contribution is 6.13. The normalized spacial score (nSPS) is 16.8. The van der Waals surface area contributed by atoms with E-state index >= 15 is 0 Å². The van der Waals surface area contributed by atoms with Crippen molar-refractivity contribution < 1.29 is 9.18 Å². The van der Waals surface area contributed by atoms with E-state index in [1.807, 2.05) is 7.05 Å². The van der Waals surface area contributed by atoms with Gasteiger partial charge in [0.15, 0.2) is 0 Å². The Morgan fingerprint density at radius 1 is 1.16 bits per heavy atom. The summed E-state index contributed by atoms with van der Waals surface area (Å²) in [5.74, 6) is -0.822. The van der Waals surface area contributed by atoms with Crippen molar-refractivity contribution in [1.29, 1.82) is 10.8 Å². The van der Waals surface area contributed by atoms with Crippen LogP contribution in [0.25, 0.3) is 0 Å². The van der Waals surface area contributed by atoms with Gasteiger partial charge in [0.2, 0.25) is 0 Å². The first-order valence-corrected chi connectivity index (χ1v) is 10.6. The van der Waals surface area contributed by atoms with Crippen LogP contribution in [0.4, 0.5) is 10.2 Å². The summed E-state index contributed by atoms with van der Waals surface area (Å²) < 4.78 is 14.6. The number of aromatic nitrogens is 1. The molecule has 0 atom stereocenters. The average molecular weight is 420 g/mol. The molecule has 1 amide bonds. The molecular formula is C24H26FN5O. The molecule has 0 saturated carbocycles. The zero-order chi connectivity index (χ0) is 22.0. The predicted octanol–water partition coefficient (Wildman–Crippen LogP) is 4.35. The number of benzene rings is 1. The SMILES string of the molecule is CN1CCc2cc(F)c(C(=O)Nc3cccc(C(=N)C4=CC(=N)CCCC4)n3)cc2C1. The van der Waals surface area contributed by atoms with Gasteiger partial charge in [-0.15, -0.1) is 0 Å². The summed E-state index contributed by atoms with van der Waals surface area (Å²) >= 11 is 0. The van der Waals surface area contributed by atoms with Crippen molar-refractivity contribution in [3.63, 3.8) is 0 Å². The first-order chi connectivity index (χ1) is 14.9. The third kappa shape index (κ3) is 4.77. The molecule has 31 heavy (non-hydrogen) atoms. The van der Waals surface area contributed by atoms with E-state index in [0.29, 0.717) is 18.0 Å². The van der Waals surface area contributed by atoms with Crippen molar-refractivity contribution in [2.45, 2.75) is 38.6 Å². The quantitative estimate of drug-likeness (QED) is 0.643. The molecule has 0 radical (unpaired) electrons. The van der Waals surface area contributed by atoms with E-state index in [2.05, 4.69) is 15.2 Å². The summed E-state index contributed by atoms with van der Waals surface area (Å²) in [6, 6.07) is 8.14. The Morgan fingerprint density at radius 2 is 1.97 bits per heavy atom. The molecule has 0 unspecified atom stereocenters. The van der Waals surface area contributed by atoms with Gasteiger partial charge in [0.1, 0.15) is 11.6 Å². The van der Waals surface area contributed by atoms with Crippen molar-refractivity contribution in [1.82, 2.24) is 9.88 Å². The van der Waals surface area contributed by atoms with Crippen LogP contribution in [-0.4, -0.2) is 40.8 Å². The summed E-state index contributed by atoms with van der Waals surface area (Å²) in [5.41, 5.74) is 3.89. The smallest absolute Gasteiger partial charge is 0.259 e. The molecule has 2 aliphatic rings. The molecular weight excluding hydrogens is 393 g/mol. The zero-order valence-electron chi connectivity index (χ0n) is 17.6. The molecule has 2 heterocycles. The van der Waals surface area contributed by atoms with E-state index in [-0.39, 0.29) is 17.1 Å². The number of carbonyl (C=O) groups is 1. The fourth-order valence-corrected chi connectivity index (χ4v) is 4.07. The summed E-state index contributed by atoms with van der Waals surface area (Å²) in [6.45, 7) is 1.56. The van der Waals surface area contributed by atoms with Crippen LogP contribution in [0.3, 0.4) is 0 Å². The number of likely N-dealkylation sites (N-methyl/N-ethyl adjacent to an activating group) is 1. The van der Waals surface area contributed by atoms with Crippen LogP contribution in [0.2, 0.25) is 0 Å². The van der Waals surface area contributed by atoms with E-state index in [1.54, 1.807) is 30.3 Å². The maximum atomic E-state index is 14.6. The molecule has 1 aliphatic carbocycles. The van der Waals surface area contributed by atoms with Gasteiger partial charge in [-0.1, -0.05) is 6.07 Å². The fraction of sp³-hybridized carbons (Fsp3) is 0.333. The van der Waals surface area contributed by atoms with E-state index in [0.717, 1.165) is 55.3 Å². The second kappa shape index (κ2) is 8.89. The second-order valence-electron chi connectivity index (χ2n) is 8.23. The number of allylic oxidation sites excluding steroid dienone is 2. The van der Waals surface area contributed by atoms with E-state index in [9.17, 15) is 9.18 Å². The number of halogens is 1. The topological polar surface area (TPSA) is 92.9 Å². The molecule has 0 spiro atoms. The molecule has 160 valence electrons. The number of hydrogen-bond donors (Lipinski definition) is 3. The highest BCUT2D eigenvalue weighted by Gasteiger charge is 2.20. The van der Waals surface area contributed by atoms with Gasteiger partial charge in [0, 0.05) is 18.8 Å². The van der Waals surface area contributed by atoms with E-state index < -0.39 is 11.7 Å². The standard InChI is InChI=1S/C24H26FN5O/c1-30-10-9-15-13-20(25)19(12-17(15)14-30)24(31)29-22-8-4-7-21(28-22)23(27)16-5-2-3-6-18(26)11-16/h4,7-8,11-13,26-27H,2-3,5-6,9-10,14H2,1H3,(H,28,29,31). The van der Waals surface area contributed by atoms with Crippen molar-refractivity contribution >= 4 is 23.1 Å². The molecule has 7 heteroatoms. The first kappa shape index (κ1) is 21.1. The molecule has 0 saturated heterocycles. The minimum Gasteiger partial charge on any atom is -0.306 e. The Hall–Kier alpha value is -3.19. The van der Waals surface area contributed by atoms with Crippen molar-refractivity contribution in [3.05, 3.63) is 70.2 Å². The number of pyridine rings is 1. The lowest BCUT2D eigenvalue weighted by Gasteiger charge is -2.25. The minimum absolute atomic E-state index is 0.00347. The Balaban J connectivity index is 1.54. The van der Waals surface area contributed by atoms with Gasteiger partial charge in [-0.2, -0.15) is 0 Å². The second-order valence-corrected chi connectivity index (χ2v) is 8.23. The largest absolute Gasteiger partial charge is 0.306 e. The molecule has 6 nitrogen and oxygen atoms in total. The molecule has 0 fully saturated rings. The molecule has 3 N–H and O–H groups in total. The summed E-state index contributed by atoms with van der Waals surface area (Å²) in [5, 5.41) is 19.1. The Morgan fingerprint density at radius 3 is 2.81 bits per heavy atom. The van der Waals surface area contributed by atoms with E-state index in [1.165, 1.54) is 6.07 Å². The van der Waals surface area contributed by atoms with Gasteiger partial charge >= 0.3 is 0 Å². The van der Waals surface area contributed by atoms with Gasteiger partial charge < -0.3 is 15.6 Å². The molecule has 4 rings (SSSR count). The third-order valence-corrected chi connectivity index (χ3v) is 5.80. The molecule has 0 bridgehead atoms. The summed E-state index contributed by atoms with van der Waals surface area (Å²) in [6.07, 6.45) is 5.85. The Kier molecular flexibility index (Phi) is 6.04. The summed E-state index contributed by atoms with van der Waals surface area (Å²) in [4.78, 5) is 19.3. The number of amides is 1. The van der Waals surface area contributed by atoms with Crippen molar-refractivity contribution in [3.8, 4) is 0 Å². The fourth-order valence-electron chi connectivity index (χ4n) is 4.07. The number of fused-ring (bicyclic) bond motifs is 1. The predicted molar refractivity (Wildman–Crippen MR) is 120 cm³/mol. The molecule has 2 aromatic rings. The van der Waals surface area contributed by atoms with Crippen LogP contribution in [0.15, 0.2) is 42.0 Å². The lowest BCUT2D eigenvalue weighted by Crippen LogP contribution is -2.27. The van der Waals surface area contributed by atoms with Gasteiger partial charge in [0.25, 0.3) is 5.91 Å². The maximum Gasteiger partial charge on any atom is 0.259 e. The van der Waals surface area contributed by atoms with Crippen LogP contribution in [-0.2, 0) is 13.0 Å².